The van der Waals surface area contributed by atoms with Gasteiger partial charge in [-0.2, -0.15) is 0 Å². The van der Waals surface area contributed by atoms with Crippen LogP contribution in [0.25, 0.3) is 22.4 Å². The summed E-state index contributed by atoms with van der Waals surface area (Å²) < 4.78 is 5.91. The van der Waals surface area contributed by atoms with Gasteiger partial charge < -0.3 is 9.76 Å². The monoisotopic (exact) mass is 359 g/mol. The predicted molar refractivity (Wildman–Crippen MR) is 113 cm³/mol. The molecule has 1 heterocycles. The number of aromatic nitrogens is 1. The van der Waals surface area contributed by atoms with Gasteiger partial charge in [-0.15, -0.1) is 0 Å². The molecule has 138 valence electrons. The fourth-order valence-electron chi connectivity index (χ4n) is 2.61. The summed E-state index contributed by atoms with van der Waals surface area (Å²) in [5.41, 5.74) is 3.80. The number of hydrogen-bond donors (Lipinski definition) is 1. The van der Waals surface area contributed by atoms with E-state index >= 15 is 0 Å². The third-order valence-corrected chi connectivity index (χ3v) is 5.16. The molecule has 0 aliphatic heterocycles. The highest BCUT2D eigenvalue weighted by molar-refractivity contribution is 6.46. The molecule has 27 heavy (non-hydrogen) atoms. The Morgan fingerprint density at radius 3 is 2.11 bits per heavy atom. The van der Waals surface area contributed by atoms with Crippen LogP contribution in [0.5, 0.6) is 0 Å². The van der Waals surface area contributed by atoms with Gasteiger partial charge in [0.05, 0.1) is 16.9 Å². The van der Waals surface area contributed by atoms with Crippen LogP contribution in [0.2, 0.25) is 0 Å². The number of hydrogen-bond acceptors (Lipinski definition) is 3. The second kappa shape index (κ2) is 7.67. The Kier molecular flexibility index (Phi) is 5.49. The van der Waals surface area contributed by atoms with E-state index in [2.05, 4.69) is 41.4 Å². The Bertz CT molecular complexity index is 884. The van der Waals surface area contributed by atoms with E-state index in [1.807, 2.05) is 50.4 Å². The summed E-state index contributed by atoms with van der Waals surface area (Å²) in [6.45, 7) is 7.30. The molecule has 0 aliphatic rings. The molecule has 3 nitrogen and oxygen atoms in total. The van der Waals surface area contributed by atoms with Crippen LogP contribution in [0.15, 0.2) is 72.9 Å². The molecule has 0 saturated heterocycles. The maximum absolute atomic E-state index is 10.2. The van der Waals surface area contributed by atoms with E-state index in [0.29, 0.717) is 7.48 Å². The van der Waals surface area contributed by atoms with Crippen molar-refractivity contribution in [3.8, 4) is 22.4 Å². The fourth-order valence-corrected chi connectivity index (χ4v) is 2.61. The Balaban J connectivity index is 1.75. The van der Waals surface area contributed by atoms with Crippen LogP contribution < -0.4 is 5.46 Å². The highest BCUT2D eigenvalue weighted by Crippen LogP contribution is 2.25. The van der Waals surface area contributed by atoms with Gasteiger partial charge in [0, 0.05) is 11.8 Å². The number of aliphatic hydroxyl groups is 1. The summed E-state index contributed by atoms with van der Waals surface area (Å²) in [6.07, 6.45) is 1.84. The lowest BCUT2D eigenvalue weighted by Crippen LogP contribution is -2.49. The van der Waals surface area contributed by atoms with Crippen molar-refractivity contribution in [1.82, 2.24) is 4.98 Å². The van der Waals surface area contributed by atoms with Gasteiger partial charge in [-0.1, -0.05) is 54.6 Å². The van der Waals surface area contributed by atoms with Gasteiger partial charge >= 0.3 is 7.48 Å². The SMILES string of the molecule is CC(C)(O)C(C)(C)OBc1ccc(-c2cccc(-c3ccccc3)c2)nc1. The molecule has 2 aromatic carbocycles. The topological polar surface area (TPSA) is 42.4 Å². The summed E-state index contributed by atoms with van der Waals surface area (Å²) in [7, 11) is 0.411. The van der Waals surface area contributed by atoms with Crippen molar-refractivity contribution in [2.24, 2.45) is 0 Å². The molecule has 0 radical (unpaired) electrons. The van der Waals surface area contributed by atoms with Gasteiger partial charge in [-0.3, -0.25) is 4.98 Å². The molecule has 0 aliphatic carbocycles. The van der Waals surface area contributed by atoms with Gasteiger partial charge in [0.15, 0.2) is 0 Å². The van der Waals surface area contributed by atoms with Crippen LogP contribution in [0.4, 0.5) is 0 Å². The second-order valence-corrected chi connectivity index (χ2v) is 7.86. The van der Waals surface area contributed by atoms with Crippen LogP contribution in [0.1, 0.15) is 27.7 Å². The van der Waals surface area contributed by atoms with Crippen molar-refractivity contribution in [3.05, 3.63) is 72.9 Å². The first-order valence-corrected chi connectivity index (χ1v) is 9.23. The maximum Gasteiger partial charge on any atom is 0.311 e. The summed E-state index contributed by atoms with van der Waals surface area (Å²) >= 11 is 0. The molecule has 1 N–H and O–H groups in total. The van der Waals surface area contributed by atoms with Crippen molar-refractivity contribution >= 4 is 12.9 Å². The highest BCUT2D eigenvalue weighted by Gasteiger charge is 2.35. The standard InChI is InChI=1S/C23H26BNO2/c1-22(2,26)23(3,4)27-24-20-13-14-21(25-16-20)19-12-8-11-18(15-19)17-9-6-5-7-10-17/h5-16,24,26H,1-4H3. The van der Waals surface area contributed by atoms with E-state index in [1.165, 1.54) is 11.1 Å². The zero-order chi connectivity index (χ0) is 19.5. The lowest BCUT2D eigenvalue weighted by molar-refractivity contribution is -0.0893. The molecule has 3 rings (SSSR count). The fraction of sp³-hybridized carbons (Fsp3) is 0.261. The average Bonchev–Trinajstić information content (AvgIpc) is 2.67. The third-order valence-electron chi connectivity index (χ3n) is 5.16. The second-order valence-electron chi connectivity index (χ2n) is 7.86. The minimum Gasteiger partial charge on any atom is -0.427 e. The number of nitrogens with zero attached hydrogens (tertiary/aromatic N) is 1. The Hall–Kier alpha value is -2.43. The van der Waals surface area contributed by atoms with E-state index in [9.17, 15) is 5.11 Å². The molecule has 3 aromatic rings. The van der Waals surface area contributed by atoms with Crippen molar-refractivity contribution < 1.29 is 9.76 Å². The number of pyridine rings is 1. The van der Waals surface area contributed by atoms with Crippen LogP contribution >= 0.6 is 0 Å². The lowest BCUT2D eigenvalue weighted by Gasteiger charge is -2.37. The maximum atomic E-state index is 10.2. The summed E-state index contributed by atoms with van der Waals surface area (Å²) in [4.78, 5) is 4.60. The molecular formula is C23H26BNO2. The average molecular weight is 359 g/mol. The normalized spacial score (nSPS) is 12.0. The molecular weight excluding hydrogens is 333 g/mol. The van der Waals surface area contributed by atoms with Gasteiger partial charge in [-0.25, -0.2) is 0 Å². The highest BCUT2D eigenvalue weighted by atomic mass is 16.5. The summed E-state index contributed by atoms with van der Waals surface area (Å²) in [5, 5.41) is 10.2. The quantitative estimate of drug-likeness (QED) is 0.678. The van der Waals surface area contributed by atoms with E-state index in [0.717, 1.165) is 16.7 Å². The molecule has 4 heteroatoms. The Morgan fingerprint density at radius 1 is 0.815 bits per heavy atom. The van der Waals surface area contributed by atoms with Crippen LogP contribution in [-0.4, -0.2) is 28.8 Å². The summed E-state index contributed by atoms with van der Waals surface area (Å²) in [6, 6.07) is 22.8. The Labute approximate surface area is 162 Å². The Morgan fingerprint density at radius 2 is 1.48 bits per heavy atom. The first kappa shape index (κ1) is 19.3. The summed E-state index contributed by atoms with van der Waals surface area (Å²) in [5.74, 6) is 0. The first-order chi connectivity index (χ1) is 12.8. The largest absolute Gasteiger partial charge is 0.427 e. The van der Waals surface area contributed by atoms with E-state index < -0.39 is 11.2 Å². The van der Waals surface area contributed by atoms with E-state index in [1.54, 1.807) is 13.8 Å². The lowest BCUT2D eigenvalue weighted by atomic mass is 9.83. The number of benzene rings is 2. The molecule has 0 bridgehead atoms. The van der Waals surface area contributed by atoms with Crippen LogP contribution in [-0.2, 0) is 4.65 Å². The van der Waals surface area contributed by atoms with Gasteiger partial charge in [0.25, 0.3) is 0 Å². The van der Waals surface area contributed by atoms with E-state index in [4.69, 9.17) is 4.65 Å². The zero-order valence-electron chi connectivity index (χ0n) is 16.4. The van der Waals surface area contributed by atoms with Crippen molar-refractivity contribution in [3.63, 3.8) is 0 Å². The smallest absolute Gasteiger partial charge is 0.311 e. The molecule has 0 unspecified atom stereocenters. The molecule has 0 fully saturated rings. The van der Waals surface area contributed by atoms with Crippen molar-refractivity contribution in [2.45, 2.75) is 38.9 Å². The minimum absolute atomic E-state index is 0.411. The van der Waals surface area contributed by atoms with Gasteiger partial charge in [-0.05, 0) is 56.4 Å². The molecule has 0 amide bonds. The minimum atomic E-state index is -0.918. The van der Waals surface area contributed by atoms with Crippen LogP contribution in [0.3, 0.4) is 0 Å². The van der Waals surface area contributed by atoms with Crippen molar-refractivity contribution in [1.29, 1.82) is 0 Å². The van der Waals surface area contributed by atoms with Crippen LogP contribution in [0, 0.1) is 0 Å². The molecule has 1 aromatic heterocycles. The zero-order valence-corrected chi connectivity index (χ0v) is 16.4. The first-order valence-electron chi connectivity index (χ1n) is 9.23. The van der Waals surface area contributed by atoms with Gasteiger partial charge in [0.2, 0.25) is 0 Å². The third kappa shape index (κ3) is 4.65. The predicted octanol–water partition coefficient (Wildman–Crippen LogP) is 3.96. The van der Waals surface area contributed by atoms with Gasteiger partial charge in [0.1, 0.15) is 0 Å². The number of rotatable bonds is 6. The molecule has 0 spiro atoms. The van der Waals surface area contributed by atoms with E-state index in [-0.39, 0.29) is 0 Å². The molecule has 0 saturated carbocycles. The molecule has 0 atom stereocenters. The van der Waals surface area contributed by atoms with Crippen molar-refractivity contribution in [2.75, 3.05) is 0 Å².